The number of carbonyl (C=O) groups is 1. The van der Waals surface area contributed by atoms with Crippen molar-refractivity contribution in [3.05, 3.63) is 64.4 Å². The molecule has 3 aromatic rings. The number of amides is 1. The number of hydrogen-bond donors (Lipinski definition) is 0. The molecule has 0 unspecified atom stereocenters. The van der Waals surface area contributed by atoms with Gasteiger partial charge < -0.3 is 9.64 Å². The van der Waals surface area contributed by atoms with Crippen LogP contribution in [-0.4, -0.2) is 34.1 Å². The van der Waals surface area contributed by atoms with Gasteiger partial charge in [-0.25, -0.2) is 4.52 Å². The molecule has 4 rings (SSSR count). The van der Waals surface area contributed by atoms with E-state index < -0.39 is 0 Å². The summed E-state index contributed by atoms with van der Waals surface area (Å²) in [7, 11) is 1.57. The molecule has 1 amide bonds. The van der Waals surface area contributed by atoms with Crippen LogP contribution in [-0.2, 0) is 6.42 Å². The largest absolute Gasteiger partial charge is 0.494 e. The quantitative estimate of drug-likeness (QED) is 0.703. The maximum atomic E-state index is 13.1. The zero-order chi connectivity index (χ0) is 17.6. The first-order chi connectivity index (χ1) is 12.1. The second-order valence-corrected chi connectivity index (χ2v) is 6.65. The lowest BCUT2D eigenvalue weighted by Gasteiger charge is -2.34. The van der Waals surface area contributed by atoms with Crippen LogP contribution in [0.15, 0.2) is 42.6 Å². The van der Waals surface area contributed by atoms with E-state index in [1.807, 2.05) is 17.0 Å². The number of nitrogens with zero attached hydrogens (tertiary/aromatic N) is 3. The van der Waals surface area contributed by atoms with Crippen LogP contribution in [0.25, 0.3) is 5.52 Å². The highest BCUT2D eigenvalue weighted by atomic mass is 35.5. The molecule has 0 aliphatic carbocycles. The number of pyridine rings is 1. The second-order valence-electron chi connectivity index (χ2n) is 6.21. The van der Waals surface area contributed by atoms with E-state index in [1.54, 1.807) is 30.0 Å². The standard InChI is InChI=1S/C19H18ClN3O2/c1-12-15-6-4-3-5-13(15)7-8-22(12)19(24)16-10-17-18(25-2)9-14(20)11-23(17)21-16/h3-6,9-12H,7-8H2,1-2H3/t12-/m1/s1. The van der Waals surface area contributed by atoms with Crippen molar-refractivity contribution >= 4 is 23.0 Å². The Labute approximate surface area is 150 Å². The van der Waals surface area contributed by atoms with Crippen LogP contribution in [0.1, 0.15) is 34.6 Å². The number of aromatic nitrogens is 2. The lowest BCUT2D eigenvalue weighted by Crippen LogP contribution is -2.39. The topological polar surface area (TPSA) is 46.8 Å². The van der Waals surface area contributed by atoms with E-state index in [-0.39, 0.29) is 11.9 Å². The van der Waals surface area contributed by atoms with Gasteiger partial charge >= 0.3 is 0 Å². The maximum absolute atomic E-state index is 13.1. The molecule has 1 aliphatic heterocycles. The number of ether oxygens (including phenoxy) is 1. The van der Waals surface area contributed by atoms with Crippen molar-refractivity contribution in [1.82, 2.24) is 14.5 Å². The number of rotatable bonds is 2. The Morgan fingerprint density at radius 1 is 1.32 bits per heavy atom. The Morgan fingerprint density at radius 3 is 2.92 bits per heavy atom. The van der Waals surface area contributed by atoms with Gasteiger partial charge in [0.05, 0.1) is 18.2 Å². The highest BCUT2D eigenvalue weighted by Gasteiger charge is 2.29. The van der Waals surface area contributed by atoms with Crippen molar-refractivity contribution in [3.63, 3.8) is 0 Å². The molecule has 1 aromatic carbocycles. The van der Waals surface area contributed by atoms with Gasteiger partial charge in [-0.15, -0.1) is 0 Å². The smallest absolute Gasteiger partial charge is 0.274 e. The molecule has 0 spiro atoms. The van der Waals surface area contributed by atoms with Crippen molar-refractivity contribution in [3.8, 4) is 5.75 Å². The molecular formula is C19H18ClN3O2. The molecule has 25 heavy (non-hydrogen) atoms. The summed E-state index contributed by atoms with van der Waals surface area (Å²) < 4.78 is 6.94. The molecule has 0 N–H and O–H groups in total. The number of carbonyl (C=O) groups excluding carboxylic acids is 1. The van der Waals surface area contributed by atoms with Crippen molar-refractivity contribution in [1.29, 1.82) is 0 Å². The molecule has 0 saturated heterocycles. The van der Waals surface area contributed by atoms with Crippen LogP contribution in [0, 0.1) is 0 Å². The van der Waals surface area contributed by atoms with Crippen LogP contribution >= 0.6 is 11.6 Å². The SMILES string of the molecule is COc1cc(Cl)cn2nc(C(=O)N3CCc4ccccc4[C@H]3C)cc12. The van der Waals surface area contributed by atoms with Crippen LogP contribution in [0.5, 0.6) is 5.75 Å². The molecular weight excluding hydrogens is 338 g/mol. The maximum Gasteiger partial charge on any atom is 0.274 e. The zero-order valence-electron chi connectivity index (χ0n) is 14.1. The average Bonchev–Trinajstić information content (AvgIpc) is 3.05. The molecule has 1 aliphatic rings. The first-order valence-electron chi connectivity index (χ1n) is 8.20. The summed E-state index contributed by atoms with van der Waals surface area (Å²) in [5, 5.41) is 4.91. The predicted octanol–water partition coefficient (Wildman–Crippen LogP) is 3.76. The molecule has 0 fully saturated rings. The third-order valence-electron chi connectivity index (χ3n) is 4.80. The predicted molar refractivity (Wildman–Crippen MR) is 96.4 cm³/mol. The van der Waals surface area contributed by atoms with Gasteiger partial charge in [-0.2, -0.15) is 5.10 Å². The summed E-state index contributed by atoms with van der Waals surface area (Å²) >= 11 is 6.08. The molecule has 1 atom stereocenters. The third kappa shape index (κ3) is 2.65. The molecule has 6 heteroatoms. The van der Waals surface area contributed by atoms with Gasteiger partial charge in [0.1, 0.15) is 11.3 Å². The Balaban J connectivity index is 1.71. The Hall–Kier alpha value is -2.53. The van der Waals surface area contributed by atoms with E-state index in [0.29, 0.717) is 23.0 Å². The highest BCUT2D eigenvalue weighted by molar-refractivity contribution is 6.30. The molecule has 2 aromatic heterocycles. The van der Waals surface area contributed by atoms with Crippen molar-refractivity contribution in [2.75, 3.05) is 13.7 Å². The van der Waals surface area contributed by atoms with Crippen LogP contribution in [0.2, 0.25) is 5.02 Å². The molecule has 128 valence electrons. The molecule has 0 radical (unpaired) electrons. The Bertz CT molecular complexity index is 966. The molecule has 0 bridgehead atoms. The van der Waals surface area contributed by atoms with E-state index >= 15 is 0 Å². The fraction of sp³-hybridized carbons (Fsp3) is 0.263. The fourth-order valence-electron chi connectivity index (χ4n) is 3.49. The minimum Gasteiger partial charge on any atom is -0.494 e. The first kappa shape index (κ1) is 16.0. The van der Waals surface area contributed by atoms with Gasteiger partial charge in [-0.1, -0.05) is 35.9 Å². The van der Waals surface area contributed by atoms with E-state index in [4.69, 9.17) is 16.3 Å². The van der Waals surface area contributed by atoms with Crippen molar-refractivity contribution < 1.29 is 9.53 Å². The van der Waals surface area contributed by atoms with Crippen LogP contribution in [0.4, 0.5) is 0 Å². The first-order valence-corrected chi connectivity index (χ1v) is 8.58. The second kappa shape index (κ2) is 6.08. The van der Waals surface area contributed by atoms with E-state index in [2.05, 4.69) is 24.2 Å². The van der Waals surface area contributed by atoms with Crippen molar-refractivity contribution in [2.45, 2.75) is 19.4 Å². The summed E-state index contributed by atoms with van der Waals surface area (Å²) in [5.41, 5.74) is 3.63. The summed E-state index contributed by atoms with van der Waals surface area (Å²) in [6.45, 7) is 2.74. The summed E-state index contributed by atoms with van der Waals surface area (Å²) in [5.74, 6) is 0.514. The third-order valence-corrected chi connectivity index (χ3v) is 5.00. The molecule has 5 nitrogen and oxygen atoms in total. The number of hydrogen-bond acceptors (Lipinski definition) is 3. The number of fused-ring (bicyclic) bond motifs is 2. The average molecular weight is 356 g/mol. The Morgan fingerprint density at radius 2 is 2.12 bits per heavy atom. The summed E-state index contributed by atoms with van der Waals surface area (Å²) in [6.07, 6.45) is 2.53. The van der Waals surface area contributed by atoms with Crippen LogP contribution in [0.3, 0.4) is 0 Å². The summed E-state index contributed by atoms with van der Waals surface area (Å²) in [4.78, 5) is 14.9. The summed E-state index contributed by atoms with van der Waals surface area (Å²) in [6, 6.07) is 11.8. The minimum absolute atomic E-state index is 0.0211. The fourth-order valence-corrected chi connectivity index (χ4v) is 3.69. The zero-order valence-corrected chi connectivity index (χ0v) is 14.8. The van der Waals surface area contributed by atoms with Gasteiger partial charge in [0, 0.05) is 24.9 Å². The van der Waals surface area contributed by atoms with Gasteiger partial charge in [0.25, 0.3) is 5.91 Å². The highest BCUT2D eigenvalue weighted by Crippen LogP contribution is 2.31. The van der Waals surface area contributed by atoms with E-state index in [9.17, 15) is 4.79 Å². The lowest BCUT2D eigenvalue weighted by atomic mass is 9.93. The van der Waals surface area contributed by atoms with Gasteiger partial charge in [-0.3, -0.25) is 4.79 Å². The van der Waals surface area contributed by atoms with Crippen molar-refractivity contribution in [2.24, 2.45) is 0 Å². The monoisotopic (exact) mass is 355 g/mol. The number of halogens is 1. The lowest BCUT2D eigenvalue weighted by molar-refractivity contribution is 0.0671. The van der Waals surface area contributed by atoms with E-state index in [0.717, 1.165) is 11.9 Å². The van der Waals surface area contributed by atoms with E-state index in [1.165, 1.54) is 11.1 Å². The van der Waals surface area contributed by atoms with Crippen LogP contribution < -0.4 is 4.74 Å². The number of methoxy groups -OCH3 is 1. The molecule has 3 heterocycles. The minimum atomic E-state index is -0.0797. The van der Waals surface area contributed by atoms with Gasteiger partial charge in [0.15, 0.2) is 5.69 Å². The Kier molecular flexibility index (Phi) is 3.88. The number of benzene rings is 1. The normalized spacial score (nSPS) is 16.8. The van der Waals surface area contributed by atoms with Gasteiger partial charge in [0.2, 0.25) is 0 Å². The molecule has 0 saturated carbocycles. The van der Waals surface area contributed by atoms with Gasteiger partial charge in [-0.05, 0) is 24.5 Å².